The van der Waals surface area contributed by atoms with Crippen LogP contribution in [0.1, 0.15) is 11.5 Å². The van der Waals surface area contributed by atoms with Crippen molar-refractivity contribution in [3.8, 4) is 0 Å². The minimum Gasteiger partial charge on any atom is -0.408 e. The Hall–Kier alpha value is -2.09. The second-order valence-corrected chi connectivity index (χ2v) is 4.26. The van der Waals surface area contributed by atoms with Gasteiger partial charge in [0.15, 0.2) is 0 Å². The lowest BCUT2D eigenvalue weighted by molar-refractivity contribution is -0.115. The minimum atomic E-state index is -4.33. The number of rotatable bonds is 7. The minimum absolute atomic E-state index is 0.229. The van der Waals surface area contributed by atoms with Crippen LogP contribution in [0, 0.1) is 0 Å². The van der Waals surface area contributed by atoms with E-state index in [9.17, 15) is 13.2 Å². The van der Waals surface area contributed by atoms with Crippen molar-refractivity contribution < 1.29 is 22.3 Å². The highest BCUT2D eigenvalue weighted by Gasteiger charge is 2.27. The Morgan fingerprint density at radius 3 is 2.62 bits per heavy atom. The lowest BCUT2D eigenvalue weighted by atomic mass is 10.2. The molecule has 1 aromatic heterocycles. The van der Waals surface area contributed by atoms with Gasteiger partial charge in [-0.25, -0.2) is 0 Å². The van der Waals surface area contributed by atoms with Crippen molar-refractivity contribution in [1.82, 2.24) is 10.2 Å². The van der Waals surface area contributed by atoms with Gasteiger partial charge in [0.05, 0.1) is 13.2 Å². The first-order valence-electron chi connectivity index (χ1n) is 6.27. The Morgan fingerprint density at radius 2 is 1.90 bits per heavy atom. The summed E-state index contributed by atoms with van der Waals surface area (Å²) in [6.07, 6.45) is -3.99. The molecule has 0 radical (unpaired) electrons. The van der Waals surface area contributed by atoms with E-state index in [0.29, 0.717) is 19.6 Å². The van der Waals surface area contributed by atoms with Gasteiger partial charge in [0.1, 0.15) is 6.54 Å². The Labute approximate surface area is 119 Å². The molecular formula is C13H14F3N3O2. The first-order chi connectivity index (χ1) is 10.0. The van der Waals surface area contributed by atoms with Gasteiger partial charge in [-0.1, -0.05) is 35.4 Å². The van der Waals surface area contributed by atoms with Gasteiger partial charge in [-0.2, -0.15) is 13.2 Å². The average molecular weight is 301 g/mol. The summed E-state index contributed by atoms with van der Waals surface area (Å²) in [5, 5.41) is 9.12. The van der Waals surface area contributed by atoms with E-state index >= 15 is 0 Å². The number of nitrogens with zero attached hydrogens (tertiary/aromatic N) is 2. The zero-order valence-electron chi connectivity index (χ0n) is 11.1. The maximum atomic E-state index is 12.0. The van der Waals surface area contributed by atoms with Gasteiger partial charge in [0, 0.05) is 6.42 Å². The topological polar surface area (TPSA) is 60.2 Å². The zero-order chi connectivity index (χ0) is 15.1. The van der Waals surface area contributed by atoms with Gasteiger partial charge in [0.25, 0.3) is 0 Å². The number of hydrogen-bond donors (Lipinski definition) is 1. The van der Waals surface area contributed by atoms with Crippen molar-refractivity contribution in [2.24, 2.45) is 0 Å². The van der Waals surface area contributed by atoms with Crippen molar-refractivity contribution in [2.75, 3.05) is 18.5 Å². The van der Waals surface area contributed by atoms with Crippen molar-refractivity contribution in [3.63, 3.8) is 0 Å². The van der Waals surface area contributed by atoms with Crippen molar-refractivity contribution in [2.45, 2.75) is 19.2 Å². The molecule has 0 amide bonds. The molecule has 0 fully saturated rings. The second-order valence-electron chi connectivity index (χ2n) is 4.26. The predicted molar refractivity (Wildman–Crippen MR) is 68.6 cm³/mol. The molecule has 0 saturated carbocycles. The first-order valence-corrected chi connectivity index (χ1v) is 6.27. The Bertz CT molecular complexity index is 543. The first kappa shape index (κ1) is 15.3. The van der Waals surface area contributed by atoms with Crippen LogP contribution in [0.15, 0.2) is 34.7 Å². The fourth-order valence-electron chi connectivity index (χ4n) is 1.53. The monoisotopic (exact) mass is 301 g/mol. The largest absolute Gasteiger partial charge is 0.408 e. The van der Waals surface area contributed by atoms with Gasteiger partial charge < -0.3 is 14.5 Å². The van der Waals surface area contributed by atoms with Crippen molar-refractivity contribution >= 4 is 6.01 Å². The molecule has 2 rings (SSSR count). The van der Waals surface area contributed by atoms with Crippen LogP contribution in [0.4, 0.5) is 19.2 Å². The van der Waals surface area contributed by atoms with Gasteiger partial charge in [-0.15, -0.1) is 5.10 Å². The van der Waals surface area contributed by atoms with E-state index < -0.39 is 12.7 Å². The summed E-state index contributed by atoms with van der Waals surface area (Å²) in [7, 11) is 0. The fraction of sp³-hybridized carbons (Fsp3) is 0.385. The third-order valence-corrected chi connectivity index (χ3v) is 2.48. The van der Waals surface area contributed by atoms with E-state index in [1.807, 2.05) is 35.6 Å². The molecule has 0 spiro atoms. The number of nitrogens with one attached hydrogen (secondary N) is 1. The van der Waals surface area contributed by atoms with Crippen LogP contribution in [0.2, 0.25) is 0 Å². The summed E-state index contributed by atoms with van der Waals surface area (Å²) in [6.45, 7) is -0.414. The van der Waals surface area contributed by atoms with E-state index in [-0.39, 0.29) is 11.9 Å². The number of anilines is 1. The zero-order valence-corrected chi connectivity index (χ0v) is 11.1. The third-order valence-electron chi connectivity index (χ3n) is 2.48. The molecule has 0 saturated heterocycles. The number of alkyl halides is 3. The molecule has 5 nitrogen and oxygen atoms in total. The van der Waals surface area contributed by atoms with Crippen LogP contribution >= 0.6 is 0 Å². The molecule has 1 N–H and O–H groups in total. The normalized spacial score (nSPS) is 11.6. The number of halogens is 3. The summed E-state index contributed by atoms with van der Waals surface area (Å²) in [6, 6.07) is 9.37. The van der Waals surface area contributed by atoms with Crippen LogP contribution in [0.25, 0.3) is 0 Å². The quantitative estimate of drug-likeness (QED) is 0.797. The molecular weight excluding hydrogens is 287 g/mol. The van der Waals surface area contributed by atoms with Gasteiger partial charge >= 0.3 is 12.2 Å². The lowest BCUT2D eigenvalue weighted by Crippen LogP contribution is -2.21. The van der Waals surface area contributed by atoms with Gasteiger partial charge in [-0.3, -0.25) is 0 Å². The van der Waals surface area contributed by atoms with Gasteiger partial charge in [-0.05, 0) is 5.56 Å². The summed E-state index contributed by atoms with van der Waals surface area (Å²) in [4.78, 5) is 0. The van der Waals surface area contributed by atoms with Crippen LogP contribution in [-0.4, -0.2) is 29.5 Å². The summed E-state index contributed by atoms with van der Waals surface area (Å²) >= 11 is 0. The summed E-state index contributed by atoms with van der Waals surface area (Å²) < 4.78 is 46.4. The summed E-state index contributed by atoms with van der Waals surface area (Å²) in [5.74, 6) is 0.229. The van der Waals surface area contributed by atoms with Crippen molar-refractivity contribution in [1.29, 1.82) is 0 Å². The smallest absolute Gasteiger partial charge is 0.405 e. The molecule has 114 valence electrons. The maximum absolute atomic E-state index is 12.0. The molecule has 0 bridgehead atoms. The highest BCUT2D eigenvalue weighted by atomic mass is 19.4. The number of benzene rings is 1. The van der Waals surface area contributed by atoms with Crippen LogP contribution in [0.5, 0.6) is 0 Å². The molecule has 0 unspecified atom stereocenters. The Morgan fingerprint density at radius 1 is 1.14 bits per heavy atom. The molecule has 0 aliphatic carbocycles. The van der Waals surface area contributed by atoms with E-state index in [1.54, 1.807) is 0 Å². The van der Waals surface area contributed by atoms with Crippen LogP contribution in [0.3, 0.4) is 0 Å². The van der Waals surface area contributed by atoms with Gasteiger partial charge in [0.2, 0.25) is 5.89 Å². The highest BCUT2D eigenvalue weighted by Crippen LogP contribution is 2.15. The number of aromatic nitrogens is 2. The van der Waals surface area contributed by atoms with Crippen molar-refractivity contribution in [3.05, 3.63) is 41.8 Å². The highest BCUT2D eigenvalue weighted by molar-refractivity contribution is 5.17. The van der Waals surface area contributed by atoms with E-state index in [0.717, 1.165) is 5.56 Å². The molecule has 0 atom stereocenters. The SMILES string of the molecule is FC(F)(F)CNc1nnc(CCOCc2ccccc2)o1. The Balaban J connectivity index is 1.68. The van der Waals surface area contributed by atoms with E-state index in [4.69, 9.17) is 9.15 Å². The lowest BCUT2D eigenvalue weighted by Gasteiger charge is -2.04. The molecule has 1 heterocycles. The molecule has 8 heteroatoms. The average Bonchev–Trinajstić information content (AvgIpc) is 2.90. The van der Waals surface area contributed by atoms with Crippen LogP contribution < -0.4 is 5.32 Å². The molecule has 0 aliphatic rings. The van der Waals surface area contributed by atoms with Crippen LogP contribution in [-0.2, 0) is 17.8 Å². The third kappa shape index (κ3) is 5.82. The number of ether oxygens (including phenoxy) is 1. The predicted octanol–water partition coefficient (Wildman–Crippen LogP) is 2.80. The Kier molecular flexibility index (Phi) is 5.15. The van der Waals surface area contributed by atoms with E-state index in [1.165, 1.54) is 0 Å². The fourth-order valence-corrected chi connectivity index (χ4v) is 1.53. The number of hydrogen-bond acceptors (Lipinski definition) is 5. The maximum Gasteiger partial charge on any atom is 0.405 e. The summed E-state index contributed by atoms with van der Waals surface area (Å²) in [5.41, 5.74) is 1.04. The van der Waals surface area contributed by atoms with E-state index in [2.05, 4.69) is 10.2 Å². The molecule has 0 aliphatic heterocycles. The second kappa shape index (κ2) is 7.07. The molecule has 1 aromatic carbocycles. The molecule has 2 aromatic rings. The standard InChI is InChI=1S/C13H14F3N3O2/c14-13(15,16)9-17-12-19-18-11(21-12)6-7-20-8-10-4-2-1-3-5-10/h1-5H,6-9H2,(H,17,19). The molecule has 21 heavy (non-hydrogen) atoms.